The van der Waals surface area contributed by atoms with Crippen LogP contribution in [0.15, 0.2) is 12.7 Å². The normalized spacial score (nSPS) is 21.2. The van der Waals surface area contributed by atoms with Crippen molar-refractivity contribution in [1.29, 1.82) is 0 Å². The van der Waals surface area contributed by atoms with Crippen molar-refractivity contribution < 1.29 is 19.4 Å². The van der Waals surface area contributed by atoms with E-state index in [2.05, 4.69) is 6.58 Å². The van der Waals surface area contributed by atoms with E-state index in [1.807, 2.05) is 13.8 Å². The van der Waals surface area contributed by atoms with Crippen molar-refractivity contribution in [2.45, 2.75) is 58.3 Å². The van der Waals surface area contributed by atoms with E-state index in [0.717, 1.165) is 4.90 Å². The molecule has 0 aromatic heterocycles. The summed E-state index contributed by atoms with van der Waals surface area (Å²) in [4.78, 5) is 26.8. The van der Waals surface area contributed by atoms with Crippen molar-refractivity contribution in [3.05, 3.63) is 12.7 Å². The van der Waals surface area contributed by atoms with E-state index in [-0.39, 0.29) is 18.5 Å². The molecule has 0 unspecified atom stereocenters. The van der Waals surface area contributed by atoms with Crippen molar-refractivity contribution >= 4 is 12.0 Å². The molecule has 1 aliphatic rings. The molecule has 0 aromatic rings. The molecule has 6 nitrogen and oxygen atoms in total. The van der Waals surface area contributed by atoms with Crippen LogP contribution in [0, 0.1) is 0 Å². The summed E-state index contributed by atoms with van der Waals surface area (Å²) in [5, 5.41) is 9.31. The summed E-state index contributed by atoms with van der Waals surface area (Å²) in [6, 6.07) is -0.0967. The maximum Gasteiger partial charge on any atom is 0.408 e. The van der Waals surface area contributed by atoms with Gasteiger partial charge in [0.1, 0.15) is 12.3 Å². The van der Waals surface area contributed by atoms with Gasteiger partial charge in [-0.05, 0) is 41.0 Å². The first kappa shape index (κ1) is 17.5. The molecule has 1 N–H and O–H groups in total. The zero-order valence-electron chi connectivity index (χ0n) is 13.5. The van der Waals surface area contributed by atoms with Gasteiger partial charge in [0.25, 0.3) is 0 Å². The second-order valence-corrected chi connectivity index (χ2v) is 6.74. The van der Waals surface area contributed by atoms with Crippen LogP contribution in [-0.2, 0) is 9.53 Å². The van der Waals surface area contributed by atoms with Crippen molar-refractivity contribution in [3.63, 3.8) is 0 Å². The quantitative estimate of drug-likeness (QED) is 0.809. The topological polar surface area (TPSA) is 70.1 Å². The van der Waals surface area contributed by atoms with Crippen LogP contribution in [-0.4, -0.2) is 57.4 Å². The van der Waals surface area contributed by atoms with Crippen molar-refractivity contribution in [2.24, 2.45) is 0 Å². The molecule has 0 bridgehead atoms. The molecule has 1 saturated heterocycles. The highest BCUT2D eigenvalue weighted by molar-refractivity contribution is 5.83. The fourth-order valence-corrected chi connectivity index (χ4v) is 2.56. The molecule has 1 fully saturated rings. The number of amides is 2. The van der Waals surface area contributed by atoms with Gasteiger partial charge >= 0.3 is 6.09 Å². The molecule has 0 aliphatic carbocycles. The van der Waals surface area contributed by atoms with E-state index in [9.17, 15) is 14.7 Å². The van der Waals surface area contributed by atoms with E-state index in [0.29, 0.717) is 13.0 Å². The Kier molecular flexibility index (Phi) is 5.04. The zero-order chi connectivity index (χ0) is 16.4. The van der Waals surface area contributed by atoms with Crippen LogP contribution < -0.4 is 0 Å². The monoisotopic (exact) mass is 298 g/mol. The lowest BCUT2D eigenvalue weighted by atomic mass is 10.1. The minimum Gasteiger partial charge on any atom is -0.465 e. The average Bonchev–Trinajstić information content (AvgIpc) is 2.60. The van der Waals surface area contributed by atoms with Crippen LogP contribution in [0.25, 0.3) is 0 Å². The zero-order valence-corrected chi connectivity index (χ0v) is 13.5. The Morgan fingerprint density at radius 1 is 1.48 bits per heavy atom. The Bertz CT molecular complexity index is 426. The highest BCUT2D eigenvalue weighted by Crippen LogP contribution is 2.29. The summed E-state index contributed by atoms with van der Waals surface area (Å²) in [6.07, 6.45) is 1.26. The average molecular weight is 298 g/mol. The smallest absolute Gasteiger partial charge is 0.408 e. The Hall–Kier alpha value is -1.56. The number of ether oxygens (including phenoxy) is 1. The minimum atomic E-state index is -1.10. The first-order valence-corrected chi connectivity index (χ1v) is 7.08. The number of nitrogens with zero attached hydrogens (tertiary/aromatic N) is 2. The van der Waals surface area contributed by atoms with E-state index in [1.54, 1.807) is 31.7 Å². The summed E-state index contributed by atoms with van der Waals surface area (Å²) >= 11 is 0. The highest BCUT2D eigenvalue weighted by Gasteiger charge is 2.44. The van der Waals surface area contributed by atoms with Gasteiger partial charge < -0.3 is 14.7 Å². The number of hydrogen-bond donors (Lipinski definition) is 1. The molecule has 1 aliphatic heterocycles. The summed E-state index contributed by atoms with van der Waals surface area (Å²) in [5.74, 6) is -0.248. The minimum absolute atomic E-state index is 0.0967. The van der Waals surface area contributed by atoms with Gasteiger partial charge in [-0.3, -0.25) is 9.69 Å². The van der Waals surface area contributed by atoms with Gasteiger partial charge in [-0.2, -0.15) is 0 Å². The van der Waals surface area contributed by atoms with Gasteiger partial charge in [0, 0.05) is 5.54 Å². The molecule has 21 heavy (non-hydrogen) atoms. The summed E-state index contributed by atoms with van der Waals surface area (Å²) in [6.45, 7) is 12.9. The van der Waals surface area contributed by atoms with Crippen LogP contribution in [0.2, 0.25) is 0 Å². The summed E-state index contributed by atoms with van der Waals surface area (Å²) in [5.41, 5.74) is -1.37. The maximum atomic E-state index is 12.6. The fraction of sp³-hybridized carbons (Fsp3) is 0.733. The SMILES string of the molecule is C=CC[C@H]1COC(C)(C)N1C(=O)CN(C(=O)O)C(C)(C)C. The van der Waals surface area contributed by atoms with Gasteiger partial charge in [0.05, 0.1) is 12.6 Å². The van der Waals surface area contributed by atoms with Crippen LogP contribution >= 0.6 is 0 Å². The third-order valence-corrected chi connectivity index (χ3v) is 3.62. The van der Waals surface area contributed by atoms with Gasteiger partial charge in [0.15, 0.2) is 0 Å². The molecule has 1 rings (SSSR count). The van der Waals surface area contributed by atoms with E-state index >= 15 is 0 Å². The Morgan fingerprint density at radius 3 is 2.48 bits per heavy atom. The van der Waals surface area contributed by atoms with Crippen molar-refractivity contribution in [1.82, 2.24) is 9.80 Å². The molecule has 120 valence electrons. The number of rotatable bonds is 4. The molecule has 0 radical (unpaired) electrons. The molecule has 0 spiro atoms. The van der Waals surface area contributed by atoms with Crippen LogP contribution in [0.4, 0.5) is 4.79 Å². The lowest BCUT2D eigenvalue weighted by Crippen LogP contribution is -2.55. The summed E-state index contributed by atoms with van der Waals surface area (Å²) < 4.78 is 5.66. The molecule has 6 heteroatoms. The molecular formula is C15H26N2O4. The Labute approximate surface area is 126 Å². The number of carbonyl (C=O) groups excluding carboxylic acids is 1. The third kappa shape index (κ3) is 3.97. The van der Waals surface area contributed by atoms with E-state index in [1.165, 1.54) is 0 Å². The molecular weight excluding hydrogens is 272 g/mol. The van der Waals surface area contributed by atoms with Gasteiger partial charge in [-0.1, -0.05) is 6.08 Å². The predicted molar refractivity (Wildman–Crippen MR) is 80.0 cm³/mol. The molecule has 2 amide bonds. The second kappa shape index (κ2) is 6.05. The predicted octanol–water partition coefficient (Wildman–Crippen LogP) is 2.30. The summed E-state index contributed by atoms with van der Waals surface area (Å²) in [7, 11) is 0. The van der Waals surface area contributed by atoms with Crippen molar-refractivity contribution in [3.8, 4) is 0 Å². The third-order valence-electron chi connectivity index (χ3n) is 3.62. The van der Waals surface area contributed by atoms with Crippen LogP contribution in [0.1, 0.15) is 41.0 Å². The van der Waals surface area contributed by atoms with Gasteiger partial charge in [0.2, 0.25) is 5.91 Å². The lowest BCUT2D eigenvalue weighted by Gasteiger charge is -2.38. The fourth-order valence-electron chi connectivity index (χ4n) is 2.56. The molecule has 0 saturated carbocycles. The first-order chi connectivity index (χ1) is 9.50. The largest absolute Gasteiger partial charge is 0.465 e. The number of hydrogen-bond acceptors (Lipinski definition) is 3. The van der Waals surface area contributed by atoms with Crippen LogP contribution in [0.5, 0.6) is 0 Å². The molecule has 1 atom stereocenters. The van der Waals surface area contributed by atoms with E-state index < -0.39 is 17.4 Å². The second-order valence-electron chi connectivity index (χ2n) is 6.74. The lowest BCUT2D eigenvalue weighted by molar-refractivity contribution is -0.147. The van der Waals surface area contributed by atoms with E-state index in [4.69, 9.17) is 4.74 Å². The maximum absolute atomic E-state index is 12.6. The standard InChI is InChI=1S/C15H26N2O4/c1-7-8-11-10-21-15(5,6)17(11)12(18)9-16(13(19)20)14(2,3)4/h7,11H,1,8-10H2,2-6H3,(H,19,20)/t11-/m0/s1. The highest BCUT2D eigenvalue weighted by atomic mass is 16.5. The van der Waals surface area contributed by atoms with Gasteiger partial charge in [-0.15, -0.1) is 6.58 Å². The van der Waals surface area contributed by atoms with Gasteiger partial charge in [-0.25, -0.2) is 4.79 Å². The van der Waals surface area contributed by atoms with Crippen molar-refractivity contribution in [2.75, 3.05) is 13.2 Å². The molecule has 1 heterocycles. The number of carboxylic acid groups (broad SMARTS) is 1. The van der Waals surface area contributed by atoms with Crippen LogP contribution in [0.3, 0.4) is 0 Å². The Balaban J connectivity index is 2.94. The Morgan fingerprint density at radius 2 is 2.05 bits per heavy atom. The molecule has 0 aromatic carbocycles. The number of carbonyl (C=O) groups is 2. The first-order valence-electron chi connectivity index (χ1n) is 7.08.